The van der Waals surface area contributed by atoms with Gasteiger partial charge in [0.2, 0.25) is 0 Å². The minimum atomic E-state index is 0.184. The summed E-state index contributed by atoms with van der Waals surface area (Å²) in [6.45, 7) is 11.5. The second-order valence-corrected chi connectivity index (χ2v) is 7.27. The van der Waals surface area contributed by atoms with Crippen LogP contribution in [0.15, 0.2) is 30.3 Å². The molecular weight excluding hydrogens is 256 g/mol. The third-order valence-corrected chi connectivity index (χ3v) is 4.85. The van der Waals surface area contributed by atoms with Crippen LogP contribution in [0.2, 0.25) is 0 Å². The Hall–Kier alpha value is -0.860. The molecule has 2 heteroatoms. The van der Waals surface area contributed by atoms with Crippen molar-refractivity contribution >= 4 is 0 Å². The van der Waals surface area contributed by atoms with Crippen molar-refractivity contribution in [2.24, 2.45) is 11.8 Å². The third kappa shape index (κ3) is 4.82. The molecule has 2 rings (SSSR count). The Morgan fingerprint density at radius 1 is 1.29 bits per heavy atom. The van der Waals surface area contributed by atoms with E-state index < -0.39 is 0 Å². The molecule has 1 aliphatic rings. The van der Waals surface area contributed by atoms with E-state index in [1.165, 1.54) is 24.9 Å². The molecule has 118 valence electrons. The van der Waals surface area contributed by atoms with Crippen LogP contribution in [0.4, 0.5) is 0 Å². The lowest BCUT2D eigenvalue weighted by Crippen LogP contribution is -2.45. The highest BCUT2D eigenvalue weighted by Crippen LogP contribution is 2.38. The summed E-state index contributed by atoms with van der Waals surface area (Å²) in [5.74, 6) is 1.87. The molecule has 1 aromatic carbocycles. The van der Waals surface area contributed by atoms with E-state index in [0.717, 1.165) is 31.5 Å². The highest BCUT2D eigenvalue weighted by molar-refractivity contribution is 5.25. The number of nitrogens with zero attached hydrogens (tertiary/aromatic N) is 1. The zero-order chi connectivity index (χ0) is 15.3. The van der Waals surface area contributed by atoms with Crippen molar-refractivity contribution in [1.82, 2.24) is 10.2 Å². The smallest absolute Gasteiger partial charge is 0.0176 e. The molecule has 1 saturated carbocycles. The van der Waals surface area contributed by atoms with Crippen LogP contribution in [0.1, 0.15) is 39.2 Å². The maximum absolute atomic E-state index is 3.63. The molecule has 1 N–H and O–H groups in total. The van der Waals surface area contributed by atoms with Crippen molar-refractivity contribution in [3.63, 3.8) is 0 Å². The summed E-state index contributed by atoms with van der Waals surface area (Å²) in [5, 5.41) is 3.63. The van der Waals surface area contributed by atoms with Gasteiger partial charge in [-0.15, -0.1) is 0 Å². The molecule has 0 spiro atoms. The lowest BCUT2D eigenvalue weighted by Gasteiger charge is -2.35. The summed E-state index contributed by atoms with van der Waals surface area (Å²) in [5.41, 5.74) is 1.63. The second kappa shape index (κ2) is 7.42. The van der Waals surface area contributed by atoms with Crippen LogP contribution in [0, 0.1) is 11.8 Å². The highest BCUT2D eigenvalue weighted by Gasteiger charge is 2.35. The summed E-state index contributed by atoms with van der Waals surface area (Å²) in [7, 11) is 2.28. The van der Waals surface area contributed by atoms with Crippen LogP contribution < -0.4 is 5.32 Å². The van der Waals surface area contributed by atoms with E-state index in [-0.39, 0.29) is 5.41 Å². The van der Waals surface area contributed by atoms with Gasteiger partial charge in [-0.2, -0.15) is 0 Å². The molecule has 1 aromatic rings. The summed E-state index contributed by atoms with van der Waals surface area (Å²) < 4.78 is 0. The zero-order valence-corrected chi connectivity index (χ0v) is 14.2. The Kier molecular flexibility index (Phi) is 5.83. The first-order valence-electron chi connectivity index (χ1n) is 8.50. The van der Waals surface area contributed by atoms with Crippen molar-refractivity contribution in [3.8, 4) is 0 Å². The molecule has 0 aromatic heterocycles. The number of hydrogen-bond acceptors (Lipinski definition) is 2. The predicted molar refractivity (Wildman–Crippen MR) is 91.7 cm³/mol. The van der Waals surface area contributed by atoms with Crippen molar-refractivity contribution in [3.05, 3.63) is 35.9 Å². The van der Waals surface area contributed by atoms with E-state index in [1.54, 1.807) is 0 Å². The van der Waals surface area contributed by atoms with Gasteiger partial charge in [0.1, 0.15) is 0 Å². The largest absolute Gasteiger partial charge is 0.316 e. The van der Waals surface area contributed by atoms with Crippen LogP contribution in [0.5, 0.6) is 0 Å². The highest BCUT2D eigenvalue weighted by atomic mass is 15.1. The van der Waals surface area contributed by atoms with E-state index in [1.807, 2.05) is 0 Å². The third-order valence-electron chi connectivity index (χ3n) is 4.85. The quantitative estimate of drug-likeness (QED) is 0.699. The minimum absolute atomic E-state index is 0.184. The fourth-order valence-electron chi connectivity index (χ4n) is 3.34. The summed E-state index contributed by atoms with van der Waals surface area (Å²) in [6, 6.07) is 11.0. The van der Waals surface area contributed by atoms with E-state index in [4.69, 9.17) is 0 Å². The van der Waals surface area contributed by atoms with Gasteiger partial charge in [-0.05, 0) is 43.8 Å². The topological polar surface area (TPSA) is 15.3 Å². The molecule has 21 heavy (non-hydrogen) atoms. The van der Waals surface area contributed by atoms with E-state index in [2.05, 4.69) is 68.4 Å². The Morgan fingerprint density at radius 2 is 1.95 bits per heavy atom. The van der Waals surface area contributed by atoms with Crippen LogP contribution in [-0.2, 0) is 5.41 Å². The van der Waals surface area contributed by atoms with Crippen LogP contribution in [-0.4, -0.2) is 38.1 Å². The molecule has 0 aliphatic heterocycles. The second-order valence-electron chi connectivity index (χ2n) is 7.27. The summed E-state index contributed by atoms with van der Waals surface area (Å²) in [4.78, 5) is 2.54. The maximum atomic E-state index is 3.63. The summed E-state index contributed by atoms with van der Waals surface area (Å²) in [6.07, 6.45) is 2.61. The van der Waals surface area contributed by atoms with Gasteiger partial charge in [0, 0.05) is 25.0 Å². The lowest BCUT2D eigenvalue weighted by atomic mass is 9.81. The van der Waals surface area contributed by atoms with Gasteiger partial charge in [0.05, 0.1) is 0 Å². The molecule has 0 saturated heterocycles. The molecule has 3 unspecified atom stereocenters. The number of benzene rings is 1. The normalized spacial score (nSPS) is 24.0. The van der Waals surface area contributed by atoms with Gasteiger partial charge in [0.15, 0.2) is 0 Å². The molecule has 2 nitrogen and oxygen atoms in total. The first-order chi connectivity index (χ1) is 10.0. The average Bonchev–Trinajstić information content (AvgIpc) is 3.15. The van der Waals surface area contributed by atoms with Gasteiger partial charge < -0.3 is 10.2 Å². The Balaban J connectivity index is 2.00. The monoisotopic (exact) mass is 288 g/mol. The van der Waals surface area contributed by atoms with Crippen molar-refractivity contribution in [2.75, 3.05) is 33.2 Å². The number of hydrogen-bond donors (Lipinski definition) is 1. The van der Waals surface area contributed by atoms with Crippen LogP contribution in [0.3, 0.4) is 0 Å². The summed E-state index contributed by atoms with van der Waals surface area (Å²) >= 11 is 0. The molecular formula is C19H32N2. The Morgan fingerprint density at radius 3 is 2.52 bits per heavy atom. The van der Waals surface area contributed by atoms with Crippen molar-refractivity contribution in [1.29, 1.82) is 0 Å². The molecule has 0 radical (unpaired) electrons. The first-order valence-corrected chi connectivity index (χ1v) is 8.50. The van der Waals surface area contributed by atoms with Gasteiger partial charge in [0.25, 0.3) is 0 Å². The van der Waals surface area contributed by atoms with Crippen LogP contribution in [0.25, 0.3) is 0 Å². The standard InChI is InChI=1S/C19H32N2/c1-5-11-20-14-19(3,18-9-7-6-8-10-18)15-21(4)13-17-12-16(17)2/h6-10,16-17,20H,5,11-15H2,1-4H3. The van der Waals surface area contributed by atoms with Crippen molar-refractivity contribution < 1.29 is 0 Å². The maximum Gasteiger partial charge on any atom is 0.0176 e. The van der Waals surface area contributed by atoms with Crippen LogP contribution >= 0.6 is 0 Å². The molecule has 1 aliphatic carbocycles. The average molecular weight is 288 g/mol. The SMILES string of the molecule is CCCNCC(C)(CN(C)CC1CC1C)c1ccccc1. The number of nitrogens with one attached hydrogen (secondary N) is 1. The van der Waals surface area contributed by atoms with E-state index in [0.29, 0.717) is 0 Å². The number of rotatable bonds is 9. The first kappa shape index (κ1) is 16.5. The lowest BCUT2D eigenvalue weighted by molar-refractivity contribution is 0.239. The van der Waals surface area contributed by atoms with Gasteiger partial charge in [-0.1, -0.05) is 51.1 Å². The Bertz CT molecular complexity index is 417. The molecule has 0 heterocycles. The van der Waals surface area contributed by atoms with E-state index in [9.17, 15) is 0 Å². The Labute approximate surface area is 130 Å². The van der Waals surface area contributed by atoms with Crippen molar-refractivity contribution in [2.45, 2.75) is 39.0 Å². The van der Waals surface area contributed by atoms with E-state index >= 15 is 0 Å². The zero-order valence-electron chi connectivity index (χ0n) is 14.2. The molecule has 3 atom stereocenters. The van der Waals surface area contributed by atoms with Gasteiger partial charge in [-0.25, -0.2) is 0 Å². The van der Waals surface area contributed by atoms with Gasteiger partial charge >= 0.3 is 0 Å². The predicted octanol–water partition coefficient (Wildman–Crippen LogP) is 3.53. The van der Waals surface area contributed by atoms with Gasteiger partial charge in [-0.3, -0.25) is 0 Å². The molecule has 0 amide bonds. The fraction of sp³-hybridized carbons (Fsp3) is 0.684. The molecule has 0 bridgehead atoms. The fourth-order valence-corrected chi connectivity index (χ4v) is 3.34. The minimum Gasteiger partial charge on any atom is -0.316 e. The number of likely N-dealkylation sites (N-methyl/N-ethyl adjacent to an activating group) is 1. The molecule has 1 fully saturated rings.